The van der Waals surface area contributed by atoms with Crippen molar-refractivity contribution in [2.45, 2.75) is 27.2 Å². The van der Waals surface area contributed by atoms with Gasteiger partial charge in [-0.1, -0.05) is 44.5 Å². The van der Waals surface area contributed by atoms with E-state index in [4.69, 9.17) is 11.6 Å². The maximum Gasteiger partial charge on any atom is 0.272 e. The van der Waals surface area contributed by atoms with Crippen LogP contribution in [0.5, 0.6) is 0 Å². The van der Waals surface area contributed by atoms with E-state index in [1.54, 1.807) is 12.3 Å². The molecule has 0 unspecified atom stereocenters. The zero-order valence-electron chi connectivity index (χ0n) is 11.5. The molecule has 0 spiro atoms. The summed E-state index contributed by atoms with van der Waals surface area (Å²) in [7, 11) is 0. The lowest BCUT2D eigenvalue weighted by Gasteiger charge is -2.04. The first-order chi connectivity index (χ1) is 9.19. The number of aryl methyl sites for hydroxylation is 1. The summed E-state index contributed by atoms with van der Waals surface area (Å²) in [6.45, 7) is 6.09. The van der Waals surface area contributed by atoms with Gasteiger partial charge in [0.15, 0.2) is 0 Å². The van der Waals surface area contributed by atoms with Gasteiger partial charge in [-0.25, -0.2) is 0 Å². The minimum atomic E-state index is -0.193. The van der Waals surface area contributed by atoms with E-state index in [1.807, 2.05) is 38.1 Å². The molecule has 1 aromatic heterocycles. The van der Waals surface area contributed by atoms with Gasteiger partial charge in [-0.2, -0.15) is 0 Å². The third-order valence-corrected chi connectivity index (χ3v) is 2.73. The Bertz CT molecular complexity index is 517. The van der Waals surface area contributed by atoms with E-state index >= 15 is 0 Å². The predicted molar refractivity (Wildman–Crippen MR) is 80.9 cm³/mol. The van der Waals surface area contributed by atoms with E-state index in [0.29, 0.717) is 10.7 Å². The summed E-state index contributed by atoms with van der Waals surface area (Å²) in [5.74, 6) is -0.193. The van der Waals surface area contributed by atoms with Crippen molar-refractivity contribution in [2.24, 2.45) is 0 Å². The highest BCUT2D eigenvalue weighted by molar-refractivity contribution is 6.31. The summed E-state index contributed by atoms with van der Waals surface area (Å²) in [6, 6.07) is 9.37. The second kappa shape index (κ2) is 7.64. The lowest BCUT2D eigenvalue weighted by Crippen LogP contribution is -2.12. The monoisotopic (exact) mass is 278 g/mol. The van der Waals surface area contributed by atoms with Crippen LogP contribution in [0.1, 0.15) is 36.8 Å². The fourth-order valence-corrected chi connectivity index (χ4v) is 1.68. The molecule has 0 radical (unpaired) electrons. The highest BCUT2D eigenvalue weighted by atomic mass is 35.5. The molecule has 4 heteroatoms. The Morgan fingerprint density at radius 1 is 1.26 bits per heavy atom. The molecule has 0 saturated heterocycles. The SMILES string of the molecule is CC.CCc1ccc(NC(=O)c2cc(Cl)c[nH]2)cc1. The fourth-order valence-electron chi connectivity index (χ4n) is 1.52. The quantitative estimate of drug-likeness (QED) is 0.852. The highest BCUT2D eigenvalue weighted by Gasteiger charge is 2.07. The van der Waals surface area contributed by atoms with Gasteiger partial charge in [0.2, 0.25) is 0 Å². The van der Waals surface area contributed by atoms with Crippen LogP contribution in [0.4, 0.5) is 5.69 Å². The van der Waals surface area contributed by atoms with Crippen molar-refractivity contribution in [2.75, 3.05) is 5.32 Å². The van der Waals surface area contributed by atoms with Crippen LogP contribution in [0.3, 0.4) is 0 Å². The molecule has 1 aromatic carbocycles. The van der Waals surface area contributed by atoms with Crippen molar-refractivity contribution in [1.82, 2.24) is 4.98 Å². The van der Waals surface area contributed by atoms with Crippen molar-refractivity contribution >= 4 is 23.2 Å². The summed E-state index contributed by atoms with van der Waals surface area (Å²) in [5, 5.41) is 3.32. The molecule has 0 atom stereocenters. The number of aromatic nitrogens is 1. The Balaban J connectivity index is 0.000000861. The van der Waals surface area contributed by atoms with Crippen molar-refractivity contribution in [3.8, 4) is 0 Å². The zero-order chi connectivity index (χ0) is 14.3. The number of hydrogen-bond donors (Lipinski definition) is 2. The highest BCUT2D eigenvalue weighted by Crippen LogP contribution is 2.13. The van der Waals surface area contributed by atoms with Crippen LogP contribution in [0.15, 0.2) is 36.5 Å². The number of aromatic amines is 1. The molecule has 1 amide bonds. The number of benzene rings is 1. The van der Waals surface area contributed by atoms with Crippen LogP contribution >= 0.6 is 11.6 Å². The standard InChI is InChI=1S/C13H13ClN2O.C2H6/c1-2-9-3-5-11(6-4-9)16-13(17)12-7-10(14)8-15-12;1-2/h3-8,15H,2H2,1H3,(H,16,17);1-2H3. The van der Waals surface area contributed by atoms with E-state index in [0.717, 1.165) is 12.1 Å². The van der Waals surface area contributed by atoms with Crippen molar-refractivity contribution in [3.63, 3.8) is 0 Å². The van der Waals surface area contributed by atoms with E-state index in [2.05, 4.69) is 17.2 Å². The molecule has 3 nitrogen and oxygen atoms in total. The number of hydrogen-bond acceptors (Lipinski definition) is 1. The third kappa shape index (κ3) is 4.45. The van der Waals surface area contributed by atoms with E-state index in [-0.39, 0.29) is 5.91 Å². The number of amides is 1. The number of rotatable bonds is 3. The van der Waals surface area contributed by atoms with Crippen LogP contribution in [0.25, 0.3) is 0 Å². The number of carbonyl (C=O) groups excluding carboxylic acids is 1. The van der Waals surface area contributed by atoms with Crippen LogP contribution < -0.4 is 5.32 Å². The van der Waals surface area contributed by atoms with Crippen LogP contribution in [0, 0.1) is 0 Å². The lowest BCUT2D eigenvalue weighted by molar-refractivity contribution is 0.102. The summed E-state index contributed by atoms with van der Waals surface area (Å²) in [4.78, 5) is 14.6. The Hall–Kier alpha value is -1.74. The summed E-state index contributed by atoms with van der Waals surface area (Å²) in [6.07, 6.45) is 2.57. The minimum Gasteiger partial charge on any atom is -0.356 e. The first-order valence-electron chi connectivity index (χ1n) is 6.43. The third-order valence-electron chi connectivity index (χ3n) is 2.51. The van der Waals surface area contributed by atoms with Gasteiger partial charge in [-0.3, -0.25) is 4.79 Å². The van der Waals surface area contributed by atoms with Gasteiger partial charge in [-0.15, -0.1) is 0 Å². The van der Waals surface area contributed by atoms with Crippen molar-refractivity contribution < 1.29 is 4.79 Å². The van der Waals surface area contributed by atoms with Gasteiger partial charge in [0.05, 0.1) is 5.02 Å². The normalized spacial score (nSPS) is 9.47. The molecule has 0 bridgehead atoms. The van der Waals surface area contributed by atoms with Crippen molar-refractivity contribution in [3.05, 3.63) is 52.8 Å². The van der Waals surface area contributed by atoms with Crippen LogP contribution in [0.2, 0.25) is 5.02 Å². The van der Waals surface area contributed by atoms with E-state index in [9.17, 15) is 4.79 Å². The molecular formula is C15H19ClN2O. The van der Waals surface area contributed by atoms with Gasteiger partial charge in [-0.05, 0) is 30.2 Å². The Morgan fingerprint density at radius 3 is 2.37 bits per heavy atom. The Kier molecular flexibility index (Phi) is 6.16. The molecule has 102 valence electrons. The lowest BCUT2D eigenvalue weighted by atomic mass is 10.1. The average Bonchev–Trinajstić information content (AvgIpc) is 2.89. The maximum absolute atomic E-state index is 11.8. The molecule has 2 N–H and O–H groups in total. The number of anilines is 1. The second-order valence-corrected chi connectivity index (χ2v) is 4.17. The number of H-pyrrole nitrogens is 1. The summed E-state index contributed by atoms with van der Waals surface area (Å²) in [5.41, 5.74) is 2.47. The molecule has 1 heterocycles. The summed E-state index contributed by atoms with van der Waals surface area (Å²) >= 11 is 5.74. The number of nitrogens with one attached hydrogen (secondary N) is 2. The molecule has 2 rings (SSSR count). The van der Waals surface area contributed by atoms with E-state index < -0.39 is 0 Å². The molecular weight excluding hydrogens is 260 g/mol. The molecule has 2 aromatic rings. The van der Waals surface area contributed by atoms with Gasteiger partial charge in [0.1, 0.15) is 5.69 Å². The van der Waals surface area contributed by atoms with Crippen LogP contribution in [-0.2, 0) is 6.42 Å². The van der Waals surface area contributed by atoms with Crippen molar-refractivity contribution in [1.29, 1.82) is 0 Å². The molecule has 0 aliphatic rings. The van der Waals surface area contributed by atoms with Gasteiger partial charge >= 0.3 is 0 Å². The zero-order valence-corrected chi connectivity index (χ0v) is 12.2. The Morgan fingerprint density at radius 2 is 1.89 bits per heavy atom. The predicted octanol–water partition coefficient (Wildman–Crippen LogP) is 4.51. The molecule has 19 heavy (non-hydrogen) atoms. The largest absolute Gasteiger partial charge is 0.356 e. The minimum absolute atomic E-state index is 0.193. The molecule has 0 fully saturated rings. The maximum atomic E-state index is 11.8. The van der Waals surface area contributed by atoms with E-state index in [1.165, 1.54) is 5.56 Å². The average molecular weight is 279 g/mol. The smallest absolute Gasteiger partial charge is 0.272 e. The topological polar surface area (TPSA) is 44.9 Å². The van der Waals surface area contributed by atoms with Gasteiger partial charge in [0, 0.05) is 11.9 Å². The molecule has 0 aliphatic heterocycles. The second-order valence-electron chi connectivity index (χ2n) is 3.74. The van der Waals surface area contributed by atoms with Gasteiger partial charge in [0.25, 0.3) is 5.91 Å². The number of carbonyl (C=O) groups is 1. The number of halogens is 1. The summed E-state index contributed by atoms with van der Waals surface area (Å²) < 4.78 is 0. The fraction of sp³-hybridized carbons (Fsp3) is 0.267. The first kappa shape index (κ1) is 15.3. The molecule has 0 saturated carbocycles. The van der Waals surface area contributed by atoms with Crippen LogP contribution in [-0.4, -0.2) is 10.9 Å². The molecule has 0 aliphatic carbocycles. The first-order valence-corrected chi connectivity index (χ1v) is 6.81. The Labute approximate surface area is 119 Å². The van der Waals surface area contributed by atoms with Gasteiger partial charge < -0.3 is 10.3 Å².